The Labute approximate surface area is 77.0 Å². The van der Waals surface area contributed by atoms with Crippen LogP contribution < -0.4 is 11.1 Å². The van der Waals surface area contributed by atoms with Crippen LogP contribution in [0.15, 0.2) is 11.7 Å². The van der Waals surface area contributed by atoms with Crippen molar-refractivity contribution in [1.29, 1.82) is 0 Å². The summed E-state index contributed by atoms with van der Waals surface area (Å²) in [5, 5.41) is 3.31. The molecule has 0 radical (unpaired) electrons. The van der Waals surface area contributed by atoms with Crippen molar-refractivity contribution in [2.75, 3.05) is 6.54 Å². The van der Waals surface area contributed by atoms with E-state index in [2.05, 4.69) is 10.3 Å². The van der Waals surface area contributed by atoms with Gasteiger partial charge < -0.3 is 11.1 Å². The molecule has 12 heavy (non-hydrogen) atoms. The second kappa shape index (κ2) is 5.24. The van der Waals surface area contributed by atoms with Gasteiger partial charge in [-0.25, -0.2) is 0 Å². The molecular weight excluding hydrogens is 170 g/mol. The van der Waals surface area contributed by atoms with E-state index < -0.39 is 0 Å². The van der Waals surface area contributed by atoms with Crippen LogP contribution in [-0.2, 0) is 6.54 Å². The van der Waals surface area contributed by atoms with Gasteiger partial charge in [0.25, 0.3) is 0 Å². The summed E-state index contributed by atoms with van der Waals surface area (Å²) in [4.78, 5) is 5.27. The van der Waals surface area contributed by atoms with Crippen LogP contribution in [0.1, 0.15) is 18.2 Å². The molecular formula is C8H15N3S. The maximum absolute atomic E-state index is 5.60. The van der Waals surface area contributed by atoms with Crippen molar-refractivity contribution in [3.8, 4) is 0 Å². The number of aromatic nitrogens is 1. The largest absolute Gasteiger partial charge is 0.328 e. The Bertz CT molecular complexity index is 196. The number of hydrogen-bond acceptors (Lipinski definition) is 4. The van der Waals surface area contributed by atoms with Gasteiger partial charge in [0.05, 0.1) is 5.51 Å². The molecule has 0 bridgehead atoms. The third kappa shape index (κ3) is 3.80. The highest BCUT2D eigenvalue weighted by atomic mass is 32.1. The first kappa shape index (κ1) is 9.64. The van der Waals surface area contributed by atoms with Crippen LogP contribution >= 0.6 is 11.3 Å². The lowest BCUT2D eigenvalue weighted by Crippen LogP contribution is -2.23. The Morgan fingerprint density at radius 3 is 3.17 bits per heavy atom. The Morgan fingerprint density at radius 1 is 1.75 bits per heavy atom. The summed E-state index contributed by atoms with van der Waals surface area (Å²) < 4.78 is 0. The zero-order valence-corrected chi connectivity index (χ0v) is 8.10. The Kier molecular flexibility index (Phi) is 4.21. The summed E-state index contributed by atoms with van der Waals surface area (Å²) in [6.45, 7) is 3.92. The lowest BCUT2D eigenvalue weighted by atomic mass is 10.2. The van der Waals surface area contributed by atoms with Crippen LogP contribution in [0.2, 0.25) is 0 Å². The molecule has 0 fully saturated rings. The number of thiazole rings is 1. The summed E-state index contributed by atoms with van der Waals surface area (Å²) in [5.41, 5.74) is 7.45. The molecule has 4 heteroatoms. The van der Waals surface area contributed by atoms with E-state index in [1.165, 1.54) is 4.88 Å². The molecule has 1 aromatic heterocycles. The highest BCUT2D eigenvalue weighted by Gasteiger charge is 1.95. The van der Waals surface area contributed by atoms with Gasteiger partial charge >= 0.3 is 0 Å². The molecule has 0 aromatic carbocycles. The molecule has 0 aliphatic heterocycles. The van der Waals surface area contributed by atoms with Gasteiger partial charge in [-0.05, 0) is 19.9 Å². The first-order valence-corrected chi connectivity index (χ1v) is 5.00. The van der Waals surface area contributed by atoms with E-state index in [4.69, 9.17) is 5.73 Å². The average Bonchev–Trinajstić information content (AvgIpc) is 2.49. The summed E-state index contributed by atoms with van der Waals surface area (Å²) in [7, 11) is 0. The van der Waals surface area contributed by atoms with Crippen molar-refractivity contribution >= 4 is 11.3 Å². The summed E-state index contributed by atoms with van der Waals surface area (Å²) >= 11 is 1.68. The molecule has 68 valence electrons. The number of nitrogens with zero attached hydrogens (tertiary/aromatic N) is 1. The highest BCUT2D eigenvalue weighted by Crippen LogP contribution is 2.03. The minimum absolute atomic E-state index is 0.291. The van der Waals surface area contributed by atoms with Crippen LogP contribution in [0.25, 0.3) is 0 Å². The molecule has 0 aliphatic carbocycles. The van der Waals surface area contributed by atoms with E-state index in [0.717, 1.165) is 19.5 Å². The van der Waals surface area contributed by atoms with E-state index in [1.807, 2.05) is 18.6 Å². The van der Waals surface area contributed by atoms with Gasteiger partial charge in [0.2, 0.25) is 0 Å². The molecule has 1 rings (SSSR count). The first-order valence-electron chi connectivity index (χ1n) is 4.12. The van der Waals surface area contributed by atoms with E-state index in [-0.39, 0.29) is 0 Å². The third-order valence-corrected chi connectivity index (χ3v) is 2.34. The zero-order valence-electron chi connectivity index (χ0n) is 7.29. The number of nitrogens with two attached hydrogens (primary N) is 1. The van der Waals surface area contributed by atoms with Gasteiger partial charge in [-0.3, -0.25) is 4.98 Å². The Morgan fingerprint density at radius 2 is 2.58 bits per heavy atom. The molecule has 0 saturated carbocycles. The SMILES string of the molecule is CC(N)CCNCc1cncs1. The maximum atomic E-state index is 5.60. The van der Waals surface area contributed by atoms with Gasteiger partial charge in [0.15, 0.2) is 0 Å². The van der Waals surface area contributed by atoms with Crippen molar-refractivity contribution in [3.05, 3.63) is 16.6 Å². The topological polar surface area (TPSA) is 50.9 Å². The van der Waals surface area contributed by atoms with Crippen molar-refractivity contribution in [2.45, 2.75) is 25.9 Å². The smallest absolute Gasteiger partial charge is 0.0794 e. The lowest BCUT2D eigenvalue weighted by molar-refractivity contribution is 0.591. The fourth-order valence-corrected chi connectivity index (χ4v) is 1.43. The third-order valence-electron chi connectivity index (χ3n) is 1.56. The zero-order chi connectivity index (χ0) is 8.81. The van der Waals surface area contributed by atoms with Crippen molar-refractivity contribution in [1.82, 2.24) is 10.3 Å². The second-order valence-electron chi connectivity index (χ2n) is 2.91. The predicted molar refractivity (Wildman–Crippen MR) is 52.1 cm³/mol. The van der Waals surface area contributed by atoms with E-state index in [0.29, 0.717) is 6.04 Å². The normalized spacial score (nSPS) is 13.2. The highest BCUT2D eigenvalue weighted by molar-refractivity contribution is 7.09. The Balaban J connectivity index is 2.04. The van der Waals surface area contributed by atoms with Gasteiger partial charge in [0.1, 0.15) is 0 Å². The van der Waals surface area contributed by atoms with Crippen LogP contribution in [-0.4, -0.2) is 17.6 Å². The van der Waals surface area contributed by atoms with Crippen LogP contribution in [0.5, 0.6) is 0 Å². The molecule has 1 unspecified atom stereocenters. The Hall–Kier alpha value is -0.450. The lowest BCUT2D eigenvalue weighted by Gasteiger charge is -2.04. The molecule has 0 aliphatic rings. The van der Waals surface area contributed by atoms with Crippen molar-refractivity contribution in [3.63, 3.8) is 0 Å². The summed E-state index contributed by atoms with van der Waals surface area (Å²) in [6, 6.07) is 0.291. The van der Waals surface area contributed by atoms with Gasteiger partial charge in [-0.15, -0.1) is 11.3 Å². The minimum Gasteiger partial charge on any atom is -0.328 e. The molecule has 1 aromatic rings. The van der Waals surface area contributed by atoms with E-state index in [1.54, 1.807) is 11.3 Å². The maximum Gasteiger partial charge on any atom is 0.0794 e. The molecule has 1 heterocycles. The second-order valence-corrected chi connectivity index (χ2v) is 3.88. The first-order chi connectivity index (χ1) is 5.79. The van der Waals surface area contributed by atoms with Crippen molar-refractivity contribution < 1.29 is 0 Å². The van der Waals surface area contributed by atoms with Crippen LogP contribution in [0, 0.1) is 0 Å². The minimum atomic E-state index is 0.291. The quantitative estimate of drug-likeness (QED) is 0.672. The molecule has 0 spiro atoms. The predicted octanol–water partition coefficient (Wildman–Crippen LogP) is 0.970. The van der Waals surface area contributed by atoms with Gasteiger partial charge in [-0.2, -0.15) is 0 Å². The van der Waals surface area contributed by atoms with Crippen molar-refractivity contribution in [2.24, 2.45) is 5.73 Å². The van der Waals surface area contributed by atoms with E-state index in [9.17, 15) is 0 Å². The molecule has 3 nitrogen and oxygen atoms in total. The van der Waals surface area contributed by atoms with E-state index >= 15 is 0 Å². The summed E-state index contributed by atoms with van der Waals surface area (Å²) in [6.07, 6.45) is 2.92. The number of rotatable bonds is 5. The number of hydrogen-bond donors (Lipinski definition) is 2. The van der Waals surface area contributed by atoms with Gasteiger partial charge in [0, 0.05) is 23.7 Å². The molecule has 0 saturated heterocycles. The fraction of sp³-hybridized carbons (Fsp3) is 0.625. The van der Waals surface area contributed by atoms with Crippen LogP contribution in [0.4, 0.5) is 0 Å². The average molecular weight is 185 g/mol. The molecule has 3 N–H and O–H groups in total. The summed E-state index contributed by atoms with van der Waals surface area (Å²) in [5.74, 6) is 0. The van der Waals surface area contributed by atoms with Crippen LogP contribution in [0.3, 0.4) is 0 Å². The molecule has 0 amide bonds. The van der Waals surface area contributed by atoms with Gasteiger partial charge in [-0.1, -0.05) is 0 Å². The molecule has 1 atom stereocenters. The monoisotopic (exact) mass is 185 g/mol. The number of nitrogens with one attached hydrogen (secondary N) is 1. The standard InChI is InChI=1S/C8H15N3S/c1-7(9)2-3-10-4-8-5-11-6-12-8/h5-7,10H,2-4,9H2,1H3. The fourth-order valence-electron chi connectivity index (χ4n) is 0.871.